The normalized spacial score (nSPS) is 18.7. The number of nitrogens with zero attached hydrogens (tertiary/aromatic N) is 2. The van der Waals surface area contributed by atoms with Crippen LogP contribution in [0, 0.1) is 0 Å². The third-order valence-electron chi connectivity index (χ3n) is 6.80. The second-order valence-electron chi connectivity index (χ2n) is 10.7. The molecule has 2 fully saturated rings. The summed E-state index contributed by atoms with van der Waals surface area (Å²) in [5, 5.41) is 10.1. The number of carbonyl (C=O) groups excluding carboxylic acids is 1. The standard InChI is InChI=1S/C25H30N4O7S/c1-25(2,3)36-24(33)28-10-4-5-15(28)13-29(14-6-7-14)37(34,35)16-8-9-19-17(11-16)20-18(23(31)32)12-26-21(20)22(30)27-19/h8-9,11-12,14-15,26H,4-7,10,13H2,1-3H3,(H,27,30)(H,31,32)/t15-/m1/s1. The van der Waals surface area contributed by atoms with Gasteiger partial charge in [-0.1, -0.05) is 0 Å². The van der Waals surface area contributed by atoms with Crippen LogP contribution >= 0.6 is 0 Å². The molecular weight excluding hydrogens is 500 g/mol. The van der Waals surface area contributed by atoms with Gasteiger partial charge in [0.05, 0.1) is 10.5 Å². The third kappa shape index (κ3) is 4.71. The number of rotatable bonds is 6. The van der Waals surface area contributed by atoms with E-state index in [9.17, 15) is 27.9 Å². The number of fused-ring (bicyclic) bond motifs is 3. The Hall–Kier alpha value is -3.38. The zero-order chi connectivity index (χ0) is 26.7. The minimum absolute atomic E-state index is 0.000368. The molecule has 1 atom stereocenters. The fraction of sp³-hybridized carbons (Fsp3) is 0.480. The maximum absolute atomic E-state index is 13.9. The number of carboxylic acid groups (broad SMARTS) is 1. The molecule has 0 bridgehead atoms. The van der Waals surface area contributed by atoms with Crippen LogP contribution in [0.15, 0.2) is 34.1 Å². The highest BCUT2D eigenvalue weighted by Crippen LogP contribution is 2.35. The van der Waals surface area contributed by atoms with Crippen LogP contribution in [0.2, 0.25) is 0 Å². The summed E-state index contributed by atoms with van der Waals surface area (Å²) < 4.78 is 34.8. The Morgan fingerprint density at radius 2 is 1.95 bits per heavy atom. The van der Waals surface area contributed by atoms with Gasteiger partial charge in [-0.05, 0) is 64.7 Å². The molecule has 5 rings (SSSR count). The first-order valence-corrected chi connectivity index (χ1v) is 13.7. The molecular formula is C25H30N4O7S. The van der Waals surface area contributed by atoms with E-state index in [4.69, 9.17) is 4.74 Å². The van der Waals surface area contributed by atoms with Crippen molar-refractivity contribution >= 4 is 43.9 Å². The summed E-state index contributed by atoms with van der Waals surface area (Å²) >= 11 is 0. The van der Waals surface area contributed by atoms with Gasteiger partial charge in [0.15, 0.2) is 0 Å². The molecule has 11 nitrogen and oxygen atoms in total. The Balaban J connectivity index is 1.52. The maximum atomic E-state index is 13.9. The van der Waals surface area contributed by atoms with Crippen molar-refractivity contribution in [2.75, 3.05) is 13.1 Å². The van der Waals surface area contributed by atoms with E-state index in [1.165, 1.54) is 28.7 Å². The number of nitrogens with one attached hydrogen (secondary N) is 2. The predicted octanol–water partition coefficient (Wildman–Crippen LogP) is 3.26. The molecule has 3 N–H and O–H groups in total. The topological polar surface area (TPSA) is 153 Å². The average molecular weight is 531 g/mol. The molecule has 0 unspecified atom stereocenters. The van der Waals surface area contributed by atoms with E-state index in [0.717, 1.165) is 19.3 Å². The van der Waals surface area contributed by atoms with Crippen molar-refractivity contribution in [3.05, 3.63) is 40.3 Å². The van der Waals surface area contributed by atoms with Crippen LogP contribution in [-0.2, 0) is 14.8 Å². The molecule has 37 heavy (non-hydrogen) atoms. The van der Waals surface area contributed by atoms with Crippen LogP contribution in [0.25, 0.3) is 21.8 Å². The molecule has 1 saturated carbocycles. The first-order valence-electron chi connectivity index (χ1n) is 12.3. The molecule has 3 aromatic rings. The highest BCUT2D eigenvalue weighted by atomic mass is 32.2. The summed E-state index contributed by atoms with van der Waals surface area (Å²) in [6.45, 7) is 6.03. The van der Waals surface area contributed by atoms with Crippen LogP contribution in [0.4, 0.5) is 4.79 Å². The number of carbonyl (C=O) groups is 2. The highest BCUT2D eigenvalue weighted by Gasteiger charge is 2.42. The molecule has 1 saturated heterocycles. The summed E-state index contributed by atoms with van der Waals surface area (Å²) in [5.41, 5.74) is -0.857. The summed E-state index contributed by atoms with van der Waals surface area (Å²) in [5.74, 6) is -1.23. The van der Waals surface area contributed by atoms with E-state index in [-0.39, 0.29) is 40.0 Å². The van der Waals surface area contributed by atoms with Crippen molar-refractivity contribution in [1.29, 1.82) is 0 Å². The monoisotopic (exact) mass is 530 g/mol. The van der Waals surface area contributed by atoms with Gasteiger partial charge in [-0.25, -0.2) is 18.0 Å². The smallest absolute Gasteiger partial charge is 0.410 e. The fourth-order valence-corrected chi connectivity index (χ4v) is 6.72. The van der Waals surface area contributed by atoms with Crippen LogP contribution in [0.3, 0.4) is 0 Å². The van der Waals surface area contributed by atoms with Gasteiger partial charge in [-0.15, -0.1) is 0 Å². The molecule has 3 heterocycles. The Morgan fingerprint density at radius 1 is 1.22 bits per heavy atom. The number of hydrogen-bond donors (Lipinski definition) is 3. The number of likely N-dealkylation sites (tertiary alicyclic amines) is 1. The Morgan fingerprint density at radius 3 is 2.59 bits per heavy atom. The molecule has 2 aromatic heterocycles. The van der Waals surface area contributed by atoms with Crippen LogP contribution in [0.5, 0.6) is 0 Å². The van der Waals surface area contributed by atoms with Gasteiger partial charge < -0.3 is 24.7 Å². The number of benzene rings is 1. The molecule has 1 aromatic carbocycles. The molecule has 12 heteroatoms. The minimum atomic E-state index is -3.99. The molecule has 0 radical (unpaired) electrons. The second kappa shape index (κ2) is 8.88. The highest BCUT2D eigenvalue weighted by molar-refractivity contribution is 7.89. The van der Waals surface area contributed by atoms with Gasteiger partial charge in [-0.2, -0.15) is 4.31 Å². The predicted molar refractivity (Wildman–Crippen MR) is 136 cm³/mol. The van der Waals surface area contributed by atoms with E-state index < -0.39 is 33.2 Å². The van der Waals surface area contributed by atoms with Crippen molar-refractivity contribution in [2.45, 2.75) is 69.0 Å². The van der Waals surface area contributed by atoms with Crippen LogP contribution < -0.4 is 5.56 Å². The van der Waals surface area contributed by atoms with Crippen molar-refractivity contribution in [1.82, 2.24) is 19.2 Å². The average Bonchev–Trinajstić information content (AvgIpc) is 3.34. The number of carboxylic acids is 1. The van der Waals surface area contributed by atoms with Crippen molar-refractivity contribution in [2.24, 2.45) is 0 Å². The summed E-state index contributed by atoms with van der Waals surface area (Å²) in [6, 6.07) is 3.84. The largest absolute Gasteiger partial charge is 0.478 e. The number of amides is 1. The van der Waals surface area contributed by atoms with Gasteiger partial charge in [0.1, 0.15) is 11.1 Å². The van der Waals surface area contributed by atoms with E-state index in [0.29, 0.717) is 23.9 Å². The van der Waals surface area contributed by atoms with Crippen LogP contribution in [-0.4, -0.2) is 75.5 Å². The lowest BCUT2D eigenvalue weighted by atomic mass is 10.1. The zero-order valence-corrected chi connectivity index (χ0v) is 21.7. The number of aromatic nitrogens is 2. The SMILES string of the molecule is CC(C)(C)OC(=O)N1CCC[C@@H]1CN(C1CC1)S(=O)(=O)c1ccc2[nH]c(=O)c3[nH]cc(C(=O)O)c3c2c1. The van der Waals surface area contributed by atoms with Gasteiger partial charge in [0.2, 0.25) is 10.0 Å². The number of ether oxygens (including phenoxy) is 1. The lowest BCUT2D eigenvalue weighted by Gasteiger charge is -2.32. The van der Waals surface area contributed by atoms with Crippen LogP contribution in [0.1, 0.15) is 56.8 Å². The molecule has 1 amide bonds. The minimum Gasteiger partial charge on any atom is -0.478 e. The maximum Gasteiger partial charge on any atom is 0.410 e. The second-order valence-corrected chi connectivity index (χ2v) is 12.6. The fourth-order valence-electron chi connectivity index (χ4n) is 4.97. The van der Waals surface area contributed by atoms with Gasteiger partial charge in [-0.3, -0.25) is 4.79 Å². The Kier molecular flexibility index (Phi) is 6.06. The summed E-state index contributed by atoms with van der Waals surface area (Å²) in [7, 11) is -3.99. The first-order chi connectivity index (χ1) is 17.4. The van der Waals surface area contributed by atoms with Crippen molar-refractivity contribution < 1.29 is 27.9 Å². The molecule has 1 aliphatic heterocycles. The van der Waals surface area contributed by atoms with Gasteiger partial charge >= 0.3 is 12.1 Å². The quantitative estimate of drug-likeness (QED) is 0.442. The lowest BCUT2D eigenvalue weighted by molar-refractivity contribution is 0.0212. The van der Waals surface area contributed by atoms with Gasteiger partial charge in [0, 0.05) is 47.7 Å². The number of aromatic carboxylic acids is 1. The Labute approximate surface area is 213 Å². The Bertz CT molecular complexity index is 1560. The summed E-state index contributed by atoms with van der Waals surface area (Å²) in [4.78, 5) is 44.0. The first kappa shape index (κ1) is 25.3. The van der Waals surface area contributed by atoms with E-state index >= 15 is 0 Å². The zero-order valence-electron chi connectivity index (χ0n) is 20.9. The number of pyridine rings is 1. The van der Waals surface area contributed by atoms with Gasteiger partial charge in [0.25, 0.3) is 5.56 Å². The number of hydrogen-bond acceptors (Lipinski definition) is 6. The molecule has 198 valence electrons. The van der Waals surface area contributed by atoms with E-state index in [1.807, 2.05) is 0 Å². The van der Waals surface area contributed by atoms with E-state index in [1.54, 1.807) is 25.7 Å². The third-order valence-corrected chi connectivity index (χ3v) is 8.72. The number of aromatic amines is 2. The van der Waals surface area contributed by atoms with Crippen molar-refractivity contribution in [3.8, 4) is 0 Å². The number of H-pyrrole nitrogens is 2. The molecule has 1 aliphatic carbocycles. The number of sulfonamides is 1. The molecule has 2 aliphatic rings. The van der Waals surface area contributed by atoms with Crippen molar-refractivity contribution in [3.63, 3.8) is 0 Å². The summed E-state index contributed by atoms with van der Waals surface area (Å²) in [6.07, 6.45) is 3.66. The molecule has 0 spiro atoms. The van der Waals surface area contributed by atoms with E-state index in [2.05, 4.69) is 9.97 Å². The lowest BCUT2D eigenvalue weighted by Crippen LogP contribution is -2.47.